The first-order valence-corrected chi connectivity index (χ1v) is 4.85. The third kappa shape index (κ3) is 3.95. The molecule has 1 rings (SSSR count). The lowest BCUT2D eigenvalue weighted by molar-refractivity contribution is 0.268. The maximum absolute atomic E-state index is 10.6. The lowest BCUT2D eigenvalue weighted by atomic mass is 10.3. The van der Waals surface area contributed by atoms with Crippen molar-refractivity contribution in [1.29, 1.82) is 0 Å². The number of hydrogen-bond acceptors (Lipinski definition) is 2. The molecule has 0 fully saturated rings. The SMILES string of the molecule is O=C(Cl)Nc1ccc(Cl)c(NC(=O)Cl)c1. The summed E-state index contributed by atoms with van der Waals surface area (Å²) < 4.78 is 0. The molecule has 1 aromatic rings. The van der Waals surface area contributed by atoms with E-state index in [9.17, 15) is 9.59 Å². The summed E-state index contributed by atoms with van der Waals surface area (Å²) >= 11 is 16.0. The van der Waals surface area contributed by atoms with Gasteiger partial charge in [0.25, 0.3) is 0 Å². The zero-order chi connectivity index (χ0) is 11.4. The number of rotatable bonds is 2. The van der Waals surface area contributed by atoms with Crippen LogP contribution in [0.5, 0.6) is 0 Å². The molecule has 80 valence electrons. The molecule has 15 heavy (non-hydrogen) atoms. The first-order chi connectivity index (χ1) is 6.99. The van der Waals surface area contributed by atoms with Gasteiger partial charge in [0.1, 0.15) is 0 Å². The van der Waals surface area contributed by atoms with Gasteiger partial charge < -0.3 is 10.6 Å². The second kappa shape index (κ2) is 5.21. The molecule has 0 aliphatic rings. The van der Waals surface area contributed by atoms with Crippen LogP contribution in [0.1, 0.15) is 0 Å². The highest BCUT2D eigenvalue weighted by Gasteiger charge is 2.05. The number of halogens is 3. The molecule has 0 saturated carbocycles. The summed E-state index contributed by atoms with van der Waals surface area (Å²) in [6.45, 7) is 0. The van der Waals surface area contributed by atoms with E-state index in [1.165, 1.54) is 18.2 Å². The van der Waals surface area contributed by atoms with Gasteiger partial charge in [0, 0.05) is 5.69 Å². The number of nitrogens with one attached hydrogen (secondary N) is 2. The molecule has 0 aliphatic carbocycles. The van der Waals surface area contributed by atoms with Gasteiger partial charge in [0.15, 0.2) is 0 Å². The average molecular weight is 267 g/mol. The Morgan fingerprint density at radius 2 is 1.67 bits per heavy atom. The number of benzene rings is 1. The maximum Gasteiger partial charge on any atom is 0.318 e. The summed E-state index contributed by atoms with van der Waals surface area (Å²) in [5.41, 5.74) is 0.694. The Balaban J connectivity index is 2.94. The highest BCUT2D eigenvalue weighted by atomic mass is 35.5. The Morgan fingerprint density at radius 3 is 2.20 bits per heavy atom. The molecule has 0 aliphatic heterocycles. The van der Waals surface area contributed by atoms with E-state index in [4.69, 9.17) is 34.8 Å². The molecule has 0 saturated heterocycles. The predicted octanol–water partition coefficient (Wildman–Crippen LogP) is 3.88. The van der Waals surface area contributed by atoms with Gasteiger partial charge in [0.05, 0.1) is 10.7 Å². The Kier molecular flexibility index (Phi) is 4.20. The Labute approximate surface area is 100 Å². The largest absolute Gasteiger partial charge is 0.318 e. The topological polar surface area (TPSA) is 58.2 Å². The fraction of sp³-hybridized carbons (Fsp3) is 0. The van der Waals surface area contributed by atoms with E-state index in [-0.39, 0.29) is 0 Å². The molecule has 0 spiro atoms. The summed E-state index contributed by atoms with van der Waals surface area (Å²) in [5.74, 6) is 0. The second-order valence-corrected chi connectivity index (χ2v) is 3.59. The molecule has 2 N–H and O–H groups in total. The minimum absolute atomic E-state index is 0.291. The summed E-state index contributed by atoms with van der Waals surface area (Å²) in [7, 11) is 0. The van der Waals surface area contributed by atoms with Gasteiger partial charge in [-0.25, -0.2) is 0 Å². The number of amides is 2. The van der Waals surface area contributed by atoms with E-state index >= 15 is 0 Å². The summed E-state index contributed by atoms with van der Waals surface area (Å²) in [5, 5.41) is 3.40. The summed E-state index contributed by atoms with van der Waals surface area (Å²) in [4.78, 5) is 21.1. The van der Waals surface area contributed by atoms with Crippen molar-refractivity contribution in [2.45, 2.75) is 0 Å². The van der Waals surface area contributed by atoms with Crippen LogP contribution in [-0.4, -0.2) is 10.7 Å². The van der Waals surface area contributed by atoms with Crippen LogP contribution in [0.15, 0.2) is 18.2 Å². The maximum atomic E-state index is 10.6. The van der Waals surface area contributed by atoms with Crippen molar-refractivity contribution in [1.82, 2.24) is 0 Å². The molecule has 0 heterocycles. The van der Waals surface area contributed by atoms with Crippen molar-refractivity contribution < 1.29 is 9.59 Å². The van der Waals surface area contributed by atoms with Crippen molar-refractivity contribution in [3.63, 3.8) is 0 Å². The first kappa shape index (κ1) is 12.1. The van der Waals surface area contributed by atoms with Gasteiger partial charge in [-0.05, 0) is 41.4 Å². The number of hydrogen-bond donors (Lipinski definition) is 2. The molecule has 1 aromatic carbocycles. The molecular weight excluding hydrogens is 262 g/mol. The van der Waals surface area contributed by atoms with Crippen LogP contribution >= 0.6 is 34.8 Å². The van der Waals surface area contributed by atoms with Crippen molar-refractivity contribution in [3.05, 3.63) is 23.2 Å². The number of carbonyl (C=O) groups is 2. The quantitative estimate of drug-likeness (QED) is 0.631. The van der Waals surface area contributed by atoms with Crippen LogP contribution in [0, 0.1) is 0 Å². The minimum Gasteiger partial charge on any atom is -0.312 e. The van der Waals surface area contributed by atoms with Crippen LogP contribution < -0.4 is 10.6 Å². The fourth-order valence-corrected chi connectivity index (χ4v) is 1.29. The lowest BCUT2D eigenvalue weighted by Gasteiger charge is -2.06. The highest BCUT2D eigenvalue weighted by molar-refractivity contribution is 6.66. The van der Waals surface area contributed by atoms with Crippen LogP contribution in [0.25, 0.3) is 0 Å². The van der Waals surface area contributed by atoms with Crippen molar-refractivity contribution in [2.75, 3.05) is 10.6 Å². The first-order valence-electron chi connectivity index (χ1n) is 3.71. The Hall–Kier alpha value is -0.970. The minimum atomic E-state index is -0.772. The van der Waals surface area contributed by atoms with E-state index in [0.29, 0.717) is 16.4 Å². The molecular formula is C8H5Cl3N2O2. The van der Waals surface area contributed by atoms with Crippen LogP contribution in [0.4, 0.5) is 21.0 Å². The predicted molar refractivity (Wildman–Crippen MR) is 61.2 cm³/mol. The molecule has 7 heteroatoms. The normalized spacial score (nSPS) is 9.53. The summed E-state index contributed by atoms with van der Waals surface area (Å²) in [6.07, 6.45) is 0. The third-order valence-corrected chi connectivity index (χ3v) is 1.96. The molecule has 0 radical (unpaired) electrons. The smallest absolute Gasteiger partial charge is 0.312 e. The molecule has 0 aromatic heterocycles. The Bertz CT molecular complexity index is 409. The van der Waals surface area contributed by atoms with Gasteiger partial charge in [-0.15, -0.1) is 0 Å². The standard InChI is InChI=1S/C8H5Cl3N2O2/c9-5-2-1-4(12-7(10)14)3-6(5)13-8(11)15/h1-3H,(H,12,14)(H,13,15). The van der Waals surface area contributed by atoms with Gasteiger partial charge >= 0.3 is 10.7 Å². The molecule has 0 unspecified atom stereocenters. The van der Waals surface area contributed by atoms with Crippen LogP contribution in [-0.2, 0) is 0 Å². The average Bonchev–Trinajstić information content (AvgIpc) is 2.09. The van der Waals surface area contributed by atoms with E-state index in [1.54, 1.807) is 0 Å². The zero-order valence-electron chi connectivity index (χ0n) is 7.18. The van der Waals surface area contributed by atoms with Crippen molar-refractivity contribution in [3.8, 4) is 0 Å². The van der Waals surface area contributed by atoms with E-state index < -0.39 is 10.7 Å². The third-order valence-electron chi connectivity index (χ3n) is 1.44. The van der Waals surface area contributed by atoms with Gasteiger partial charge in [-0.3, -0.25) is 9.59 Å². The number of anilines is 2. The van der Waals surface area contributed by atoms with E-state index in [1.807, 2.05) is 0 Å². The number of carbonyl (C=O) groups excluding carboxylic acids is 2. The monoisotopic (exact) mass is 266 g/mol. The second-order valence-electron chi connectivity index (χ2n) is 2.49. The fourth-order valence-electron chi connectivity index (χ4n) is 0.918. The highest BCUT2D eigenvalue weighted by Crippen LogP contribution is 2.26. The summed E-state index contributed by atoms with van der Waals surface area (Å²) in [6, 6.07) is 4.46. The van der Waals surface area contributed by atoms with Gasteiger partial charge in [0.2, 0.25) is 0 Å². The van der Waals surface area contributed by atoms with Crippen molar-refractivity contribution >= 4 is 56.9 Å². The van der Waals surface area contributed by atoms with Gasteiger partial charge in [-0.1, -0.05) is 11.6 Å². The molecule has 4 nitrogen and oxygen atoms in total. The molecule has 2 amide bonds. The van der Waals surface area contributed by atoms with E-state index in [2.05, 4.69) is 10.6 Å². The van der Waals surface area contributed by atoms with Gasteiger partial charge in [-0.2, -0.15) is 0 Å². The van der Waals surface area contributed by atoms with Crippen LogP contribution in [0.3, 0.4) is 0 Å². The molecule has 0 atom stereocenters. The Morgan fingerprint density at radius 1 is 1.07 bits per heavy atom. The zero-order valence-corrected chi connectivity index (χ0v) is 9.45. The van der Waals surface area contributed by atoms with Crippen LogP contribution in [0.2, 0.25) is 5.02 Å². The lowest BCUT2D eigenvalue weighted by Crippen LogP contribution is -2.04. The molecule has 0 bridgehead atoms. The van der Waals surface area contributed by atoms with Crippen molar-refractivity contribution in [2.24, 2.45) is 0 Å². The van der Waals surface area contributed by atoms with E-state index in [0.717, 1.165) is 0 Å².